The normalized spacial score (nSPS) is 10.2. The minimum Gasteiger partial charge on any atom is -0.382 e. The number of nitrogens with two attached hydrogens (primary N) is 2. The summed E-state index contributed by atoms with van der Waals surface area (Å²) in [7, 11) is 0. The van der Waals surface area contributed by atoms with Crippen molar-refractivity contribution in [1.82, 2.24) is 9.97 Å². The van der Waals surface area contributed by atoms with E-state index in [9.17, 15) is 4.79 Å². The van der Waals surface area contributed by atoms with Gasteiger partial charge in [-0.15, -0.1) is 0 Å². The summed E-state index contributed by atoms with van der Waals surface area (Å²) in [6.45, 7) is 1.88. The molecule has 19 heavy (non-hydrogen) atoms. The summed E-state index contributed by atoms with van der Waals surface area (Å²) in [6, 6.07) is 5.06. The summed E-state index contributed by atoms with van der Waals surface area (Å²) in [5.41, 5.74) is 12.8. The largest absolute Gasteiger partial charge is 0.382 e. The van der Waals surface area contributed by atoms with E-state index in [0.717, 1.165) is 5.56 Å². The number of benzene rings is 1. The number of primary amides is 1. The molecule has 1 heterocycles. The van der Waals surface area contributed by atoms with Crippen LogP contribution in [0.2, 0.25) is 5.02 Å². The molecule has 0 saturated heterocycles. The minimum atomic E-state index is -0.500. The van der Waals surface area contributed by atoms with Crippen molar-refractivity contribution in [3.05, 3.63) is 40.5 Å². The molecule has 0 atom stereocenters. The highest BCUT2D eigenvalue weighted by molar-refractivity contribution is 6.32. The first-order valence-corrected chi connectivity index (χ1v) is 5.80. The van der Waals surface area contributed by atoms with Crippen LogP contribution in [-0.2, 0) is 0 Å². The van der Waals surface area contributed by atoms with Gasteiger partial charge >= 0.3 is 0 Å². The van der Waals surface area contributed by atoms with Crippen LogP contribution in [0.25, 0.3) is 0 Å². The molecule has 2 rings (SSSR count). The number of aryl methyl sites for hydroxylation is 1. The number of aromatic nitrogens is 2. The molecule has 6 nitrogen and oxygen atoms in total. The first kappa shape index (κ1) is 13.1. The average Bonchev–Trinajstić information content (AvgIpc) is 2.36. The Morgan fingerprint density at radius 3 is 2.79 bits per heavy atom. The number of amides is 1. The summed E-state index contributed by atoms with van der Waals surface area (Å²) in [5, 5.41) is 3.25. The first-order chi connectivity index (χ1) is 8.97. The second-order valence-electron chi connectivity index (χ2n) is 3.95. The van der Waals surface area contributed by atoms with Gasteiger partial charge in [0.15, 0.2) is 0 Å². The van der Waals surface area contributed by atoms with Crippen molar-refractivity contribution in [2.45, 2.75) is 6.92 Å². The van der Waals surface area contributed by atoms with Gasteiger partial charge in [0.1, 0.15) is 10.8 Å². The van der Waals surface area contributed by atoms with E-state index < -0.39 is 5.91 Å². The summed E-state index contributed by atoms with van der Waals surface area (Å²) in [5.74, 6) is -0.0194. The first-order valence-electron chi connectivity index (χ1n) is 5.43. The lowest BCUT2D eigenvalue weighted by Gasteiger charge is -2.09. The van der Waals surface area contributed by atoms with Gasteiger partial charge in [-0.1, -0.05) is 17.7 Å². The Labute approximate surface area is 114 Å². The molecule has 0 radical (unpaired) electrons. The number of nitrogen functional groups attached to an aromatic ring is 1. The number of carbonyl (C=O) groups excluding carboxylic acids is 1. The van der Waals surface area contributed by atoms with Crippen LogP contribution in [0.15, 0.2) is 24.4 Å². The molecule has 0 fully saturated rings. The number of rotatable bonds is 3. The molecule has 0 saturated carbocycles. The van der Waals surface area contributed by atoms with Crippen LogP contribution < -0.4 is 16.8 Å². The van der Waals surface area contributed by atoms with Crippen molar-refractivity contribution in [1.29, 1.82) is 0 Å². The molecule has 98 valence electrons. The zero-order valence-corrected chi connectivity index (χ0v) is 10.9. The van der Waals surface area contributed by atoms with Gasteiger partial charge in [-0.05, 0) is 24.6 Å². The van der Waals surface area contributed by atoms with Crippen molar-refractivity contribution in [2.24, 2.45) is 5.73 Å². The summed E-state index contributed by atoms with van der Waals surface area (Å²) >= 11 is 5.74. The van der Waals surface area contributed by atoms with E-state index in [4.69, 9.17) is 23.1 Å². The van der Waals surface area contributed by atoms with Gasteiger partial charge in [-0.3, -0.25) is 4.79 Å². The second kappa shape index (κ2) is 5.11. The molecule has 0 aliphatic carbocycles. The third kappa shape index (κ3) is 2.92. The van der Waals surface area contributed by atoms with Crippen LogP contribution in [0, 0.1) is 6.92 Å². The van der Waals surface area contributed by atoms with Gasteiger partial charge in [-0.2, -0.15) is 4.98 Å². The molecular weight excluding hydrogens is 266 g/mol. The maximum Gasteiger partial charge on any atom is 0.248 e. The van der Waals surface area contributed by atoms with Crippen LogP contribution in [0.3, 0.4) is 0 Å². The molecular formula is C12H12ClN5O. The SMILES string of the molecule is Cc1ccc(C(N)=O)cc1Nc1ncc(Cl)c(N)n1. The van der Waals surface area contributed by atoms with Gasteiger partial charge in [-0.25, -0.2) is 4.98 Å². The van der Waals surface area contributed by atoms with E-state index in [2.05, 4.69) is 15.3 Å². The zero-order chi connectivity index (χ0) is 14.0. The molecule has 7 heteroatoms. The van der Waals surface area contributed by atoms with Crippen molar-refractivity contribution in [3.8, 4) is 0 Å². The highest BCUT2D eigenvalue weighted by Crippen LogP contribution is 2.22. The average molecular weight is 278 g/mol. The smallest absolute Gasteiger partial charge is 0.248 e. The molecule has 5 N–H and O–H groups in total. The monoisotopic (exact) mass is 277 g/mol. The van der Waals surface area contributed by atoms with E-state index in [-0.39, 0.29) is 10.8 Å². The third-order valence-electron chi connectivity index (χ3n) is 2.54. The number of nitrogens with zero attached hydrogens (tertiary/aromatic N) is 2. The van der Waals surface area contributed by atoms with Gasteiger partial charge in [0.05, 0.1) is 6.20 Å². The Kier molecular flexibility index (Phi) is 3.52. The van der Waals surface area contributed by atoms with Gasteiger partial charge in [0, 0.05) is 11.3 Å². The fourth-order valence-corrected chi connectivity index (χ4v) is 1.56. The van der Waals surface area contributed by atoms with E-state index in [1.165, 1.54) is 6.20 Å². The van der Waals surface area contributed by atoms with E-state index in [0.29, 0.717) is 17.2 Å². The van der Waals surface area contributed by atoms with Crippen LogP contribution in [0.1, 0.15) is 15.9 Å². The Morgan fingerprint density at radius 2 is 2.16 bits per heavy atom. The number of anilines is 3. The molecule has 1 aromatic carbocycles. The summed E-state index contributed by atoms with van der Waals surface area (Å²) in [6.07, 6.45) is 1.40. The number of nitrogens with one attached hydrogen (secondary N) is 1. The number of hydrogen-bond donors (Lipinski definition) is 3. The maximum atomic E-state index is 11.1. The number of hydrogen-bond acceptors (Lipinski definition) is 5. The molecule has 0 aliphatic rings. The fourth-order valence-electron chi connectivity index (χ4n) is 1.47. The molecule has 1 aromatic heterocycles. The van der Waals surface area contributed by atoms with Crippen molar-refractivity contribution in [2.75, 3.05) is 11.1 Å². The predicted octanol–water partition coefficient (Wildman–Crippen LogP) is 1.86. The molecule has 2 aromatic rings. The van der Waals surface area contributed by atoms with Crippen LogP contribution in [0.5, 0.6) is 0 Å². The van der Waals surface area contributed by atoms with Gasteiger partial charge in [0.25, 0.3) is 0 Å². The molecule has 0 unspecified atom stereocenters. The van der Waals surface area contributed by atoms with Crippen LogP contribution >= 0.6 is 11.6 Å². The molecule has 0 bridgehead atoms. The van der Waals surface area contributed by atoms with Crippen LogP contribution in [0.4, 0.5) is 17.5 Å². The van der Waals surface area contributed by atoms with Gasteiger partial charge in [0.2, 0.25) is 11.9 Å². The van der Waals surface area contributed by atoms with E-state index >= 15 is 0 Å². The highest BCUT2D eigenvalue weighted by atomic mass is 35.5. The molecule has 1 amide bonds. The quantitative estimate of drug-likeness (QED) is 0.794. The van der Waals surface area contributed by atoms with Gasteiger partial charge < -0.3 is 16.8 Å². The highest BCUT2D eigenvalue weighted by Gasteiger charge is 2.07. The third-order valence-corrected chi connectivity index (χ3v) is 2.83. The van der Waals surface area contributed by atoms with Crippen molar-refractivity contribution < 1.29 is 4.79 Å². The fraction of sp³-hybridized carbons (Fsp3) is 0.0833. The van der Waals surface area contributed by atoms with E-state index in [1.807, 2.05) is 6.92 Å². The van der Waals surface area contributed by atoms with Crippen LogP contribution in [-0.4, -0.2) is 15.9 Å². The molecule has 0 aliphatic heterocycles. The lowest BCUT2D eigenvalue weighted by atomic mass is 10.1. The number of halogens is 1. The van der Waals surface area contributed by atoms with Crippen molar-refractivity contribution >= 4 is 35.0 Å². The zero-order valence-electron chi connectivity index (χ0n) is 10.1. The second-order valence-corrected chi connectivity index (χ2v) is 4.35. The maximum absolute atomic E-state index is 11.1. The Morgan fingerprint density at radius 1 is 1.42 bits per heavy atom. The molecule has 0 spiro atoms. The topological polar surface area (TPSA) is 107 Å². The minimum absolute atomic E-state index is 0.183. The standard InChI is InChI=1S/C12H12ClN5O/c1-6-2-3-7(11(15)19)4-9(6)17-12-16-5-8(13)10(14)18-12/h2-5H,1H3,(H2,15,19)(H3,14,16,17,18). The lowest BCUT2D eigenvalue weighted by Crippen LogP contribution is -2.11. The Bertz CT molecular complexity index is 644. The Balaban J connectivity index is 2.34. The summed E-state index contributed by atoms with van der Waals surface area (Å²) in [4.78, 5) is 19.1. The van der Waals surface area contributed by atoms with E-state index in [1.54, 1.807) is 18.2 Å². The summed E-state index contributed by atoms with van der Waals surface area (Å²) < 4.78 is 0. The lowest BCUT2D eigenvalue weighted by molar-refractivity contribution is 0.100. The Hall–Kier alpha value is -2.34. The number of carbonyl (C=O) groups is 1. The van der Waals surface area contributed by atoms with Crippen molar-refractivity contribution in [3.63, 3.8) is 0 Å². The predicted molar refractivity (Wildman–Crippen MR) is 74.4 cm³/mol.